The van der Waals surface area contributed by atoms with Gasteiger partial charge in [-0.3, -0.25) is 0 Å². The Balaban J connectivity index is 2.64. The molecule has 2 aromatic rings. The number of hydrogen-bond donors (Lipinski definition) is 0. The maximum Gasteiger partial charge on any atom is 0.221 e. The molecule has 11 heavy (non-hydrogen) atoms. The second kappa shape index (κ2) is 2.51. The van der Waals surface area contributed by atoms with E-state index in [0.29, 0.717) is 0 Å². The Labute approximate surface area is 77.5 Å². The topological polar surface area (TPSA) is 30.4 Å². The van der Waals surface area contributed by atoms with Gasteiger partial charge in [0.1, 0.15) is 5.76 Å². The highest BCUT2D eigenvalue weighted by Crippen LogP contribution is 2.13. The van der Waals surface area contributed by atoms with Gasteiger partial charge in [-0.25, -0.2) is 4.52 Å². The van der Waals surface area contributed by atoms with Crippen LogP contribution in [-0.4, -0.2) is 9.61 Å². The quantitative estimate of drug-likeness (QED) is 0.582. The number of aromatic nitrogens is 2. The van der Waals surface area contributed by atoms with Gasteiger partial charge in [-0.15, -0.1) is 0 Å². The van der Waals surface area contributed by atoms with E-state index in [4.69, 9.17) is 4.42 Å². The van der Waals surface area contributed by atoms with Crippen molar-refractivity contribution >= 4 is 28.3 Å². The van der Waals surface area contributed by atoms with Crippen LogP contribution in [0.15, 0.2) is 16.7 Å². The molecule has 0 saturated carbocycles. The van der Waals surface area contributed by atoms with Crippen LogP contribution >= 0.6 is 22.6 Å². The summed E-state index contributed by atoms with van der Waals surface area (Å²) >= 11 is 2.26. The summed E-state index contributed by atoms with van der Waals surface area (Å²) in [5.41, 5.74) is 1.82. The number of halogens is 1. The molecule has 0 N–H and O–H groups in total. The van der Waals surface area contributed by atoms with Crippen molar-refractivity contribution in [1.29, 1.82) is 0 Å². The van der Waals surface area contributed by atoms with E-state index < -0.39 is 0 Å². The van der Waals surface area contributed by atoms with Crippen molar-refractivity contribution in [3.8, 4) is 0 Å². The summed E-state index contributed by atoms with van der Waals surface area (Å²) in [7, 11) is 0. The number of alkyl halides is 1. The minimum absolute atomic E-state index is 0.828. The average molecular weight is 262 g/mol. The molecule has 0 atom stereocenters. The van der Waals surface area contributed by atoms with Gasteiger partial charge in [0, 0.05) is 6.07 Å². The van der Waals surface area contributed by atoms with Crippen molar-refractivity contribution in [2.75, 3.05) is 0 Å². The molecule has 0 spiro atoms. The number of oxazole rings is 1. The van der Waals surface area contributed by atoms with E-state index in [-0.39, 0.29) is 0 Å². The van der Waals surface area contributed by atoms with E-state index in [0.717, 1.165) is 21.6 Å². The van der Waals surface area contributed by atoms with Crippen LogP contribution in [0.2, 0.25) is 0 Å². The molecule has 3 nitrogen and oxygen atoms in total. The highest BCUT2D eigenvalue weighted by Gasteiger charge is 2.03. The summed E-state index contributed by atoms with van der Waals surface area (Å²) < 4.78 is 8.09. The fourth-order valence-electron chi connectivity index (χ4n) is 1.02. The first-order valence-corrected chi connectivity index (χ1v) is 4.83. The van der Waals surface area contributed by atoms with Crippen LogP contribution in [0.5, 0.6) is 0 Å². The van der Waals surface area contributed by atoms with Crippen LogP contribution in [0, 0.1) is 6.92 Å². The van der Waals surface area contributed by atoms with Crippen molar-refractivity contribution < 1.29 is 4.42 Å². The van der Waals surface area contributed by atoms with E-state index in [9.17, 15) is 0 Å². The van der Waals surface area contributed by atoms with Crippen LogP contribution in [0.25, 0.3) is 5.71 Å². The molecule has 2 aromatic heterocycles. The zero-order chi connectivity index (χ0) is 7.84. The summed E-state index contributed by atoms with van der Waals surface area (Å²) in [6, 6.07) is 1.93. The minimum atomic E-state index is 0.828. The fourth-order valence-corrected chi connectivity index (χ4v) is 1.37. The lowest BCUT2D eigenvalue weighted by Crippen LogP contribution is -1.79. The second-order valence-corrected chi connectivity index (χ2v) is 3.16. The van der Waals surface area contributed by atoms with Gasteiger partial charge in [-0.2, -0.15) is 5.10 Å². The molecule has 58 valence electrons. The van der Waals surface area contributed by atoms with Crippen molar-refractivity contribution in [3.05, 3.63) is 23.7 Å². The monoisotopic (exact) mass is 262 g/mol. The van der Waals surface area contributed by atoms with E-state index in [1.54, 1.807) is 4.52 Å². The number of rotatable bonds is 1. The van der Waals surface area contributed by atoms with Crippen LogP contribution in [-0.2, 0) is 4.43 Å². The smallest absolute Gasteiger partial charge is 0.221 e. The van der Waals surface area contributed by atoms with Gasteiger partial charge in [-0.05, 0) is 6.92 Å². The molecule has 0 radical (unpaired) electrons. The lowest BCUT2D eigenvalue weighted by Gasteiger charge is -1.79. The minimum Gasteiger partial charge on any atom is -0.441 e. The first-order chi connectivity index (χ1) is 5.29. The third kappa shape index (κ3) is 1.15. The summed E-state index contributed by atoms with van der Waals surface area (Å²) in [6.45, 7) is 1.95. The van der Waals surface area contributed by atoms with Crippen LogP contribution in [0.4, 0.5) is 0 Å². The predicted molar refractivity (Wildman–Crippen MR) is 49.9 cm³/mol. The highest BCUT2D eigenvalue weighted by molar-refractivity contribution is 14.1. The van der Waals surface area contributed by atoms with Crippen LogP contribution in [0.1, 0.15) is 11.5 Å². The number of aryl methyl sites for hydroxylation is 1. The summed E-state index contributed by atoms with van der Waals surface area (Å²) in [6.07, 6.45) is 1.91. The molecule has 0 aliphatic rings. The predicted octanol–water partition coefficient (Wildman–Crippen LogP) is 2.17. The largest absolute Gasteiger partial charge is 0.441 e. The number of nitrogens with zero attached hydrogens (tertiary/aromatic N) is 2. The Hall–Kier alpha value is -0.520. The Bertz CT molecular complexity index is 345. The highest BCUT2D eigenvalue weighted by atomic mass is 127. The lowest BCUT2D eigenvalue weighted by atomic mass is 10.5. The van der Waals surface area contributed by atoms with Gasteiger partial charge in [0.05, 0.1) is 16.3 Å². The SMILES string of the molecule is Cc1cc2oc(CI)cn2n1. The van der Waals surface area contributed by atoms with Gasteiger partial charge < -0.3 is 4.42 Å². The molecule has 0 aliphatic heterocycles. The summed E-state index contributed by atoms with van der Waals surface area (Å²) in [5.74, 6) is 0.966. The van der Waals surface area contributed by atoms with Crippen molar-refractivity contribution in [3.63, 3.8) is 0 Å². The molecular formula is C7H7IN2O. The van der Waals surface area contributed by atoms with E-state index in [1.807, 2.05) is 19.2 Å². The molecule has 0 aromatic carbocycles. The van der Waals surface area contributed by atoms with Crippen molar-refractivity contribution in [2.45, 2.75) is 11.4 Å². The van der Waals surface area contributed by atoms with E-state index in [1.165, 1.54) is 0 Å². The molecule has 2 heterocycles. The van der Waals surface area contributed by atoms with E-state index >= 15 is 0 Å². The Morgan fingerprint density at radius 3 is 3.18 bits per heavy atom. The Kier molecular flexibility index (Phi) is 1.63. The van der Waals surface area contributed by atoms with Crippen molar-refractivity contribution in [2.24, 2.45) is 0 Å². The zero-order valence-corrected chi connectivity index (χ0v) is 8.20. The maximum atomic E-state index is 5.43. The Morgan fingerprint density at radius 1 is 1.73 bits per heavy atom. The summed E-state index contributed by atoms with van der Waals surface area (Å²) in [4.78, 5) is 0. The molecule has 0 saturated heterocycles. The molecule has 0 unspecified atom stereocenters. The number of fused-ring (bicyclic) bond motifs is 1. The standard InChI is InChI=1S/C7H7IN2O/c1-5-2-7-10(9-5)4-6(3-8)11-7/h2,4H,3H2,1H3. The first kappa shape index (κ1) is 7.15. The Morgan fingerprint density at radius 2 is 2.55 bits per heavy atom. The zero-order valence-electron chi connectivity index (χ0n) is 6.04. The van der Waals surface area contributed by atoms with Crippen LogP contribution < -0.4 is 0 Å². The molecule has 0 aliphatic carbocycles. The van der Waals surface area contributed by atoms with Gasteiger partial charge in [0.25, 0.3) is 0 Å². The third-order valence-electron chi connectivity index (χ3n) is 1.46. The molecule has 0 amide bonds. The molecule has 0 bridgehead atoms. The molecule has 0 fully saturated rings. The van der Waals surface area contributed by atoms with Gasteiger partial charge in [0.2, 0.25) is 5.71 Å². The maximum absolute atomic E-state index is 5.43. The van der Waals surface area contributed by atoms with Crippen LogP contribution in [0.3, 0.4) is 0 Å². The van der Waals surface area contributed by atoms with Crippen molar-refractivity contribution in [1.82, 2.24) is 9.61 Å². The van der Waals surface area contributed by atoms with Gasteiger partial charge in [-0.1, -0.05) is 22.6 Å². The fraction of sp³-hybridized carbons (Fsp3) is 0.286. The lowest BCUT2D eigenvalue weighted by molar-refractivity contribution is 0.571. The second-order valence-electron chi connectivity index (χ2n) is 2.40. The van der Waals surface area contributed by atoms with Gasteiger partial charge in [0.15, 0.2) is 0 Å². The first-order valence-electron chi connectivity index (χ1n) is 3.30. The average Bonchev–Trinajstić information content (AvgIpc) is 2.43. The molecule has 4 heteroatoms. The third-order valence-corrected chi connectivity index (χ3v) is 2.21. The number of hydrogen-bond acceptors (Lipinski definition) is 2. The van der Waals surface area contributed by atoms with Gasteiger partial charge >= 0.3 is 0 Å². The van der Waals surface area contributed by atoms with E-state index in [2.05, 4.69) is 27.7 Å². The molecular weight excluding hydrogens is 255 g/mol. The molecule has 2 rings (SSSR count). The summed E-state index contributed by atoms with van der Waals surface area (Å²) in [5, 5.41) is 4.20. The normalized spacial score (nSPS) is 11.1.